The first-order valence-corrected chi connectivity index (χ1v) is 8.76. The zero-order chi connectivity index (χ0) is 18.4. The van der Waals surface area contributed by atoms with Crippen LogP contribution >= 0.6 is 0 Å². The van der Waals surface area contributed by atoms with Gasteiger partial charge in [-0.2, -0.15) is 0 Å². The van der Waals surface area contributed by atoms with E-state index in [1.54, 1.807) is 7.11 Å². The summed E-state index contributed by atoms with van der Waals surface area (Å²) in [6, 6.07) is 28.5. The smallest absolute Gasteiger partial charge is 0.154 e. The Morgan fingerprint density at radius 3 is 1.69 bits per heavy atom. The van der Waals surface area contributed by atoms with Crippen LogP contribution < -0.4 is 9.64 Å². The van der Waals surface area contributed by atoms with Crippen LogP contribution in [0, 0.1) is 0 Å². The van der Waals surface area contributed by atoms with Gasteiger partial charge in [-0.25, -0.2) is 0 Å². The van der Waals surface area contributed by atoms with Crippen LogP contribution in [0.25, 0.3) is 0 Å². The Labute approximate surface area is 155 Å². The van der Waals surface area contributed by atoms with E-state index >= 15 is 0 Å². The van der Waals surface area contributed by atoms with Crippen molar-refractivity contribution < 1.29 is 9.47 Å². The van der Waals surface area contributed by atoms with E-state index < -0.39 is 0 Å². The molecule has 26 heavy (non-hydrogen) atoms. The molecule has 0 N–H and O–H groups in total. The predicted molar refractivity (Wildman–Crippen MR) is 107 cm³/mol. The molecule has 0 heterocycles. The zero-order valence-corrected chi connectivity index (χ0v) is 15.5. The number of hydrogen-bond donors (Lipinski definition) is 0. The summed E-state index contributed by atoms with van der Waals surface area (Å²) in [5.74, 6) is 0.837. The van der Waals surface area contributed by atoms with Crippen molar-refractivity contribution >= 4 is 5.69 Å². The number of hydrogen-bond acceptors (Lipinski definition) is 3. The third-order valence-corrected chi connectivity index (χ3v) is 4.39. The fourth-order valence-corrected chi connectivity index (χ4v) is 3.09. The van der Waals surface area contributed by atoms with E-state index in [9.17, 15) is 0 Å². The highest BCUT2D eigenvalue weighted by Gasteiger charge is 2.27. The molecule has 0 saturated heterocycles. The number of methoxy groups -OCH3 is 1. The van der Waals surface area contributed by atoms with Crippen LogP contribution in [0.1, 0.15) is 23.3 Å². The van der Waals surface area contributed by atoms with Gasteiger partial charge in [-0.05, 0) is 23.3 Å². The Morgan fingerprint density at radius 1 is 0.654 bits per heavy atom. The van der Waals surface area contributed by atoms with E-state index in [0.29, 0.717) is 0 Å². The second-order valence-corrected chi connectivity index (χ2v) is 6.38. The molecular weight excluding hydrogens is 322 g/mol. The Balaban J connectivity index is 2.02. The molecule has 0 saturated carbocycles. The van der Waals surface area contributed by atoms with E-state index in [2.05, 4.69) is 35.2 Å². The average molecular weight is 347 g/mol. The lowest BCUT2D eigenvalue weighted by atomic mass is 9.98. The van der Waals surface area contributed by atoms with Crippen LogP contribution in [-0.2, 0) is 4.74 Å². The lowest BCUT2D eigenvalue weighted by Crippen LogP contribution is -2.20. The van der Waals surface area contributed by atoms with Crippen molar-refractivity contribution in [3.05, 3.63) is 96.1 Å². The fraction of sp³-hybridized carbons (Fsp3) is 0.217. The molecule has 3 rings (SSSR count). The van der Waals surface area contributed by atoms with Crippen LogP contribution in [0.3, 0.4) is 0 Å². The van der Waals surface area contributed by atoms with E-state index in [0.717, 1.165) is 22.6 Å². The van der Waals surface area contributed by atoms with Crippen molar-refractivity contribution in [3.63, 3.8) is 0 Å². The number of anilines is 1. The molecule has 134 valence electrons. The number of ether oxygens (including phenoxy) is 2. The maximum Gasteiger partial charge on any atom is 0.154 e. The second-order valence-electron chi connectivity index (χ2n) is 6.38. The summed E-state index contributed by atoms with van der Waals surface area (Å²) in [6.45, 7) is 0. The maximum atomic E-state index is 6.53. The van der Waals surface area contributed by atoms with Crippen LogP contribution in [0.4, 0.5) is 5.69 Å². The molecule has 0 unspecified atom stereocenters. The minimum atomic E-state index is -0.260. The molecule has 0 spiro atoms. The average Bonchev–Trinajstić information content (AvgIpc) is 2.69. The van der Waals surface area contributed by atoms with Crippen LogP contribution in [-0.4, -0.2) is 21.2 Å². The standard InChI is InChI=1S/C23H25NO2/c1-24(2)20-16-10-11-17-21(20)26-23(19-14-8-5-9-15-19)22(25-3)18-12-6-4-7-13-18/h4-17,22-23H,1-3H3/t22-,23-/m1/s1. The number of rotatable bonds is 7. The molecular formula is C23H25NO2. The Bertz CT molecular complexity index is 803. The lowest BCUT2D eigenvalue weighted by molar-refractivity contribution is -0.000760. The van der Waals surface area contributed by atoms with Gasteiger partial charge in [0.1, 0.15) is 11.9 Å². The van der Waals surface area contributed by atoms with Crippen LogP contribution in [0.5, 0.6) is 5.75 Å². The summed E-state index contributed by atoms with van der Waals surface area (Å²) >= 11 is 0. The Hall–Kier alpha value is -2.78. The highest BCUT2D eigenvalue weighted by atomic mass is 16.5. The molecule has 0 aliphatic heterocycles. The van der Waals surface area contributed by atoms with Gasteiger partial charge in [-0.15, -0.1) is 0 Å². The highest BCUT2D eigenvalue weighted by Crippen LogP contribution is 2.38. The van der Waals surface area contributed by atoms with Gasteiger partial charge in [0.25, 0.3) is 0 Å². The lowest BCUT2D eigenvalue weighted by Gasteiger charge is -2.29. The molecule has 0 aromatic heterocycles. The first-order valence-electron chi connectivity index (χ1n) is 8.76. The summed E-state index contributed by atoms with van der Waals surface area (Å²) in [7, 11) is 5.77. The maximum absolute atomic E-state index is 6.53. The van der Waals surface area contributed by atoms with Gasteiger partial charge in [0.05, 0.1) is 5.69 Å². The van der Waals surface area contributed by atoms with E-state index in [1.165, 1.54) is 0 Å². The first-order chi connectivity index (χ1) is 12.7. The minimum absolute atomic E-state index is 0.214. The van der Waals surface area contributed by atoms with Gasteiger partial charge >= 0.3 is 0 Å². The van der Waals surface area contributed by atoms with Crippen molar-refractivity contribution in [1.82, 2.24) is 0 Å². The Morgan fingerprint density at radius 2 is 1.15 bits per heavy atom. The number of para-hydroxylation sites is 2. The third kappa shape index (κ3) is 4.06. The first kappa shape index (κ1) is 18.0. The molecule has 0 radical (unpaired) electrons. The van der Waals surface area contributed by atoms with E-state index in [1.807, 2.05) is 68.7 Å². The molecule has 0 fully saturated rings. The van der Waals surface area contributed by atoms with Gasteiger partial charge in [0.2, 0.25) is 0 Å². The van der Waals surface area contributed by atoms with Gasteiger partial charge in [-0.3, -0.25) is 0 Å². The second kappa shape index (κ2) is 8.54. The summed E-state index contributed by atoms with van der Waals surface area (Å²) in [6.07, 6.45) is -0.474. The number of nitrogens with zero attached hydrogens (tertiary/aromatic N) is 1. The highest BCUT2D eigenvalue weighted by molar-refractivity contribution is 5.57. The summed E-state index contributed by atoms with van der Waals surface area (Å²) < 4.78 is 12.4. The molecule has 0 aliphatic rings. The zero-order valence-electron chi connectivity index (χ0n) is 15.5. The van der Waals surface area contributed by atoms with Gasteiger partial charge < -0.3 is 14.4 Å². The molecule has 3 aromatic carbocycles. The van der Waals surface area contributed by atoms with Gasteiger partial charge in [-0.1, -0.05) is 72.8 Å². The molecule has 3 aromatic rings. The molecule has 3 heteroatoms. The molecule has 0 bridgehead atoms. The van der Waals surface area contributed by atoms with E-state index in [4.69, 9.17) is 9.47 Å². The molecule has 2 atom stereocenters. The SMILES string of the molecule is CO[C@H](c1ccccc1)[C@H](Oc1ccccc1N(C)C)c1ccccc1. The van der Waals surface area contributed by atoms with Crippen molar-refractivity contribution in [3.8, 4) is 5.75 Å². The minimum Gasteiger partial charge on any atom is -0.480 e. The molecule has 0 aliphatic carbocycles. The topological polar surface area (TPSA) is 21.7 Å². The quantitative estimate of drug-likeness (QED) is 0.582. The third-order valence-electron chi connectivity index (χ3n) is 4.39. The van der Waals surface area contributed by atoms with Crippen molar-refractivity contribution in [2.45, 2.75) is 12.2 Å². The summed E-state index contributed by atoms with van der Waals surface area (Å²) in [5, 5.41) is 0. The molecule has 3 nitrogen and oxygen atoms in total. The van der Waals surface area contributed by atoms with E-state index in [-0.39, 0.29) is 12.2 Å². The van der Waals surface area contributed by atoms with Crippen LogP contribution in [0.2, 0.25) is 0 Å². The van der Waals surface area contributed by atoms with Crippen molar-refractivity contribution in [2.24, 2.45) is 0 Å². The molecule has 0 amide bonds. The van der Waals surface area contributed by atoms with Gasteiger partial charge in [0.15, 0.2) is 6.10 Å². The fourth-order valence-electron chi connectivity index (χ4n) is 3.09. The summed E-state index contributed by atoms with van der Waals surface area (Å²) in [4.78, 5) is 2.06. The predicted octanol–water partition coefficient (Wildman–Crippen LogP) is 5.26. The number of benzene rings is 3. The monoisotopic (exact) mass is 347 g/mol. The normalized spacial score (nSPS) is 13.0. The van der Waals surface area contributed by atoms with Gasteiger partial charge in [0, 0.05) is 21.2 Å². The summed E-state index contributed by atoms with van der Waals surface area (Å²) in [5.41, 5.74) is 3.21. The largest absolute Gasteiger partial charge is 0.480 e. The Kier molecular flexibility index (Phi) is 5.92. The van der Waals surface area contributed by atoms with Crippen molar-refractivity contribution in [2.75, 3.05) is 26.1 Å². The van der Waals surface area contributed by atoms with Crippen molar-refractivity contribution in [1.29, 1.82) is 0 Å². The van der Waals surface area contributed by atoms with Crippen LogP contribution in [0.15, 0.2) is 84.9 Å².